The lowest BCUT2D eigenvalue weighted by Crippen LogP contribution is -2.31. The first kappa shape index (κ1) is 16.5. The van der Waals surface area contributed by atoms with E-state index in [2.05, 4.69) is 6.07 Å². The second-order valence-electron chi connectivity index (χ2n) is 5.84. The number of halogens is 1. The molecule has 24 heavy (non-hydrogen) atoms. The van der Waals surface area contributed by atoms with Gasteiger partial charge in [-0.3, -0.25) is 0 Å². The highest BCUT2D eigenvalue weighted by Gasteiger charge is 2.39. The van der Waals surface area contributed by atoms with E-state index in [4.69, 9.17) is 10.5 Å². The molecule has 0 fully saturated rings. The van der Waals surface area contributed by atoms with Crippen molar-refractivity contribution in [3.63, 3.8) is 0 Å². The molecule has 2 aromatic rings. The summed E-state index contributed by atoms with van der Waals surface area (Å²) in [6.07, 6.45) is 1.60. The van der Waals surface area contributed by atoms with E-state index < -0.39 is 11.4 Å². The zero-order valence-corrected chi connectivity index (χ0v) is 14.1. The lowest BCUT2D eigenvalue weighted by Gasteiger charge is -2.31. The average Bonchev–Trinajstić information content (AvgIpc) is 2.90. The molecule has 124 valence electrons. The van der Waals surface area contributed by atoms with Crippen LogP contribution in [0.3, 0.4) is 0 Å². The van der Waals surface area contributed by atoms with E-state index in [1.807, 2.05) is 0 Å². The van der Waals surface area contributed by atoms with Crippen molar-refractivity contribution in [1.29, 1.82) is 5.26 Å². The molecule has 0 saturated heterocycles. The van der Waals surface area contributed by atoms with Crippen molar-refractivity contribution >= 4 is 22.3 Å². The van der Waals surface area contributed by atoms with Crippen LogP contribution in [0.2, 0.25) is 0 Å². The topological polar surface area (TPSA) is 76.1 Å². The van der Waals surface area contributed by atoms with Gasteiger partial charge in [0, 0.05) is 11.3 Å². The van der Waals surface area contributed by atoms with E-state index in [-0.39, 0.29) is 5.82 Å². The number of nitriles is 1. The Hall–Kier alpha value is -2.39. The lowest BCUT2D eigenvalue weighted by atomic mass is 9.70. The molecule has 0 spiro atoms. The summed E-state index contributed by atoms with van der Waals surface area (Å²) in [7, 11) is 0. The molecule has 0 aliphatic heterocycles. The van der Waals surface area contributed by atoms with Crippen LogP contribution < -0.4 is 5.73 Å². The predicted octanol–water partition coefficient (Wildman–Crippen LogP) is 3.60. The van der Waals surface area contributed by atoms with Gasteiger partial charge in [-0.15, -0.1) is 11.3 Å². The number of hydrogen-bond donors (Lipinski definition) is 1. The van der Waals surface area contributed by atoms with Crippen LogP contribution in [-0.2, 0) is 23.0 Å². The summed E-state index contributed by atoms with van der Waals surface area (Å²) in [4.78, 5) is 13.1. The zero-order valence-electron chi connectivity index (χ0n) is 13.3. The van der Waals surface area contributed by atoms with Crippen LogP contribution in [-0.4, -0.2) is 12.6 Å². The number of benzene rings is 1. The van der Waals surface area contributed by atoms with E-state index in [1.54, 1.807) is 19.1 Å². The third-order valence-electron chi connectivity index (χ3n) is 4.47. The maximum absolute atomic E-state index is 13.2. The SMILES string of the molecule is CCOC(=O)c1c(N)sc2c1CCC(C#N)(c1ccc(F)cc1)C2. The van der Waals surface area contributed by atoms with Gasteiger partial charge in [0.1, 0.15) is 10.8 Å². The van der Waals surface area contributed by atoms with Crippen LogP contribution in [0.25, 0.3) is 0 Å². The highest BCUT2D eigenvalue weighted by Crippen LogP contribution is 2.44. The Kier molecular flexibility index (Phi) is 4.29. The maximum Gasteiger partial charge on any atom is 0.341 e. The summed E-state index contributed by atoms with van der Waals surface area (Å²) in [6, 6.07) is 8.47. The monoisotopic (exact) mass is 344 g/mol. The van der Waals surface area contributed by atoms with Gasteiger partial charge in [0.2, 0.25) is 0 Å². The highest BCUT2D eigenvalue weighted by atomic mass is 32.1. The summed E-state index contributed by atoms with van der Waals surface area (Å²) in [5.41, 5.74) is 7.44. The van der Waals surface area contributed by atoms with E-state index >= 15 is 0 Å². The number of anilines is 1. The fourth-order valence-corrected chi connectivity index (χ4v) is 4.46. The molecule has 3 rings (SSSR count). The molecule has 1 aromatic heterocycles. The molecule has 1 aromatic carbocycles. The minimum atomic E-state index is -0.718. The van der Waals surface area contributed by atoms with Gasteiger partial charge in [0.05, 0.1) is 23.7 Å². The molecule has 6 heteroatoms. The summed E-state index contributed by atoms with van der Waals surface area (Å²) in [5, 5.41) is 10.2. The molecule has 4 nitrogen and oxygen atoms in total. The quantitative estimate of drug-likeness (QED) is 0.863. The summed E-state index contributed by atoms with van der Waals surface area (Å²) < 4.78 is 18.3. The summed E-state index contributed by atoms with van der Waals surface area (Å²) >= 11 is 1.34. The number of esters is 1. The van der Waals surface area contributed by atoms with Gasteiger partial charge in [-0.1, -0.05) is 12.1 Å². The predicted molar refractivity (Wildman–Crippen MR) is 90.4 cm³/mol. The number of nitrogen functional groups attached to an aromatic ring is 1. The standard InChI is InChI=1S/C18H17FN2O2S/c1-2-23-17(22)15-13-7-8-18(10-20,9-14(13)24-16(15)21)11-3-5-12(19)6-4-11/h3-6H,2,7-9,21H2,1H3. The fraction of sp³-hybridized carbons (Fsp3) is 0.333. The zero-order chi connectivity index (χ0) is 17.3. The molecule has 0 radical (unpaired) electrons. The molecule has 0 saturated carbocycles. The lowest BCUT2D eigenvalue weighted by molar-refractivity contribution is 0.0526. The third-order valence-corrected chi connectivity index (χ3v) is 5.53. The van der Waals surface area contributed by atoms with Crippen molar-refractivity contribution in [3.05, 3.63) is 51.7 Å². The van der Waals surface area contributed by atoms with Gasteiger partial charge >= 0.3 is 5.97 Å². The van der Waals surface area contributed by atoms with Crippen LogP contribution in [0.5, 0.6) is 0 Å². The molecule has 2 N–H and O–H groups in total. The van der Waals surface area contributed by atoms with E-state index in [1.165, 1.54) is 23.5 Å². The van der Waals surface area contributed by atoms with Crippen LogP contribution in [0, 0.1) is 17.1 Å². The van der Waals surface area contributed by atoms with Crippen LogP contribution in [0.15, 0.2) is 24.3 Å². The first-order valence-electron chi connectivity index (χ1n) is 7.75. The van der Waals surface area contributed by atoms with Gasteiger partial charge in [0.15, 0.2) is 0 Å². The number of carbonyl (C=O) groups is 1. The molecule has 1 aliphatic carbocycles. The van der Waals surface area contributed by atoms with Gasteiger partial charge in [-0.2, -0.15) is 5.26 Å². The number of hydrogen-bond acceptors (Lipinski definition) is 5. The number of nitrogens with zero attached hydrogens (tertiary/aromatic N) is 1. The molecular formula is C18H17FN2O2S. The number of nitrogens with two attached hydrogens (primary N) is 1. The largest absolute Gasteiger partial charge is 0.462 e. The maximum atomic E-state index is 13.2. The molecule has 0 bridgehead atoms. The van der Waals surface area contributed by atoms with E-state index in [0.29, 0.717) is 36.4 Å². The Morgan fingerprint density at radius 2 is 2.17 bits per heavy atom. The second-order valence-corrected chi connectivity index (χ2v) is 6.98. The van der Waals surface area contributed by atoms with Crippen molar-refractivity contribution < 1.29 is 13.9 Å². The van der Waals surface area contributed by atoms with Crippen LogP contribution >= 0.6 is 11.3 Å². The Morgan fingerprint density at radius 3 is 2.79 bits per heavy atom. The Bertz CT molecular complexity index is 823. The smallest absolute Gasteiger partial charge is 0.341 e. The Labute approximate surface area is 143 Å². The molecule has 0 amide bonds. The molecule has 1 unspecified atom stereocenters. The van der Waals surface area contributed by atoms with Crippen molar-refractivity contribution in [2.45, 2.75) is 31.6 Å². The fourth-order valence-electron chi connectivity index (χ4n) is 3.24. The first-order valence-corrected chi connectivity index (χ1v) is 8.57. The first-order chi connectivity index (χ1) is 11.5. The van der Waals surface area contributed by atoms with E-state index in [9.17, 15) is 14.4 Å². The normalized spacial score (nSPS) is 19.4. The summed E-state index contributed by atoms with van der Waals surface area (Å²) in [5.74, 6) is -0.730. The average molecular weight is 344 g/mol. The van der Waals surface area contributed by atoms with Gasteiger partial charge in [-0.25, -0.2) is 9.18 Å². The number of ether oxygens (including phenoxy) is 1. The van der Waals surface area contributed by atoms with Crippen molar-refractivity contribution in [2.75, 3.05) is 12.3 Å². The van der Waals surface area contributed by atoms with Gasteiger partial charge < -0.3 is 10.5 Å². The minimum Gasteiger partial charge on any atom is -0.462 e. The van der Waals surface area contributed by atoms with Gasteiger partial charge in [-0.05, 0) is 43.0 Å². The number of rotatable bonds is 3. The van der Waals surface area contributed by atoms with Gasteiger partial charge in [0.25, 0.3) is 0 Å². The number of thiophene rings is 1. The Balaban J connectivity index is 2.00. The van der Waals surface area contributed by atoms with Crippen molar-refractivity contribution in [1.82, 2.24) is 0 Å². The molecule has 1 atom stereocenters. The van der Waals surface area contributed by atoms with Crippen molar-refractivity contribution in [3.8, 4) is 6.07 Å². The second kappa shape index (κ2) is 6.25. The molecular weight excluding hydrogens is 327 g/mol. The summed E-state index contributed by atoms with van der Waals surface area (Å²) in [6.45, 7) is 2.04. The van der Waals surface area contributed by atoms with Crippen LogP contribution in [0.1, 0.15) is 39.7 Å². The third kappa shape index (κ3) is 2.65. The number of fused-ring (bicyclic) bond motifs is 1. The Morgan fingerprint density at radius 1 is 1.46 bits per heavy atom. The molecule has 1 aliphatic rings. The highest BCUT2D eigenvalue weighted by molar-refractivity contribution is 7.16. The van der Waals surface area contributed by atoms with Crippen LogP contribution in [0.4, 0.5) is 9.39 Å². The van der Waals surface area contributed by atoms with E-state index in [0.717, 1.165) is 16.0 Å². The van der Waals surface area contributed by atoms with Crippen molar-refractivity contribution in [2.24, 2.45) is 0 Å². The number of carbonyl (C=O) groups excluding carboxylic acids is 1. The minimum absolute atomic E-state index is 0.292. The molecule has 1 heterocycles.